The highest BCUT2D eigenvalue weighted by Crippen LogP contribution is 2.44. The third-order valence-electron chi connectivity index (χ3n) is 6.19. The van der Waals surface area contributed by atoms with Crippen LogP contribution in [-0.2, 0) is 0 Å². The Hall–Kier alpha value is -3.19. The quantitative estimate of drug-likeness (QED) is 0.551. The van der Waals surface area contributed by atoms with E-state index in [-0.39, 0.29) is 17.6 Å². The van der Waals surface area contributed by atoms with E-state index in [0.717, 1.165) is 35.0 Å². The Bertz CT molecular complexity index is 1090. The van der Waals surface area contributed by atoms with E-state index >= 15 is 0 Å². The summed E-state index contributed by atoms with van der Waals surface area (Å²) in [5, 5.41) is 13.4. The number of rotatable bonds is 5. The lowest BCUT2D eigenvalue weighted by Gasteiger charge is -2.31. The first-order valence-electron chi connectivity index (χ1n) is 10.5. The number of thiocarbonyl (C=S) groups is 1. The van der Waals surface area contributed by atoms with Crippen LogP contribution in [0.25, 0.3) is 11.3 Å². The first kappa shape index (κ1) is 19.8. The molecule has 1 aliphatic carbocycles. The van der Waals surface area contributed by atoms with Crippen LogP contribution in [0.1, 0.15) is 59.6 Å². The molecule has 5 rings (SSSR count). The van der Waals surface area contributed by atoms with Crippen LogP contribution in [0.3, 0.4) is 0 Å². The molecule has 2 N–H and O–H groups in total. The van der Waals surface area contributed by atoms with Crippen molar-refractivity contribution in [2.75, 3.05) is 0 Å². The van der Waals surface area contributed by atoms with E-state index in [1.165, 1.54) is 12.8 Å². The van der Waals surface area contributed by atoms with Crippen molar-refractivity contribution >= 4 is 23.3 Å². The van der Waals surface area contributed by atoms with Crippen LogP contribution in [0.2, 0.25) is 0 Å². The molecular formula is C24H23N3O3S. The maximum atomic E-state index is 11.1. The summed E-state index contributed by atoms with van der Waals surface area (Å²) in [5.41, 5.74) is 2.02. The molecule has 0 unspecified atom stereocenters. The molecule has 2 atom stereocenters. The van der Waals surface area contributed by atoms with Gasteiger partial charge in [-0.2, -0.15) is 0 Å². The van der Waals surface area contributed by atoms with E-state index in [4.69, 9.17) is 21.7 Å². The normalized spacial score (nSPS) is 21.4. The summed E-state index contributed by atoms with van der Waals surface area (Å²) < 4.78 is 6.33. The number of carbonyl (C=O) groups is 1. The van der Waals surface area contributed by atoms with Crippen molar-refractivity contribution in [1.82, 2.24) is 15.2 Å². The number of carboxylic acids is 1. The van der Waals surface area contributed by atoms with Gasteiger partial charge in [-0.05, 0) is 61.5 Å². The maximum absolute atomic E-state index is 11.1. The Morgan fingerprint density at radius 1 is 1.10 bits per heavy atom. The fourth-order valence-corrected chi connectivity index (χ4v) is 5.08. The summed E-state index contributed by atoms with van der Waals surface area (Å²) in [6.45, 7) is 0. The lowest BCUT2D eigenvalue weighted by molar-refractivity contribution is 0.0697. The molecule has 0 amide bonds. The second kappa shape index (κ2) is 8.15. The van der Waals surface area contributed by atoms with Crippen LogP contribution >= 0.6 is 12.2 Å². The van der Waals surface area contributed by atoms with Crippen LogP contribution in [-0.4, -0.2) is 32.1 Å². The molecule has 1 aromatic carbocycles. The highest BCUT2D eigenvalue weighted by Gasteiger charge is 2.45. The molecule has 31 heavy (non-hydrogen) atoms. The van der Waals surface area contributed by atoms with Gasteiger partial charge in [0.2, 0.25) is 0 Å². The largest absolute Gasteiger partial charge is 0.478 e. The molecule has 7 heteroatoms. The van der Waals surface area contributed by atoms with Gasteiger partial charge in [0.05, 0.1) is 17.3 Å². The van der Waals surface area contributed by atoms with E-state index in [0.29, 0.717) is 11.8 Å². The van der Waals surface area contributed by atoms with Crippen molar-refractivity contribution in [2.24, 2.45) is 0 Å². The fourth-order valence-electron chi connectivity index (χ4n) is 4.69. The molecule has 2 aromatic heterocycles. The minimum absolute atomic E-state index is 0.0856. The monoisotopic (exact) mass is 433 g/mol. The van der Waals surface area contributed by atoms with Gasteiger partial charge < -0.3 is 19.7 Å². The molecule has 1 aliphatic heterocycles. The van der Waals surface area contributed by atoms with E-state index in [1.54, 1.807) is 30.5 Å². The summed E-state index contributed by atoms with van der Waals surface area (Å²) in [6.07, 6.45) is 6.47. The first-order valence-corrected chi connectivity index (χ1v) is 11.0. The number of carboxylic acid groups (broad SMARTS) is 1. The number of furan rings is 1. The molecule has 2 fully saturated rings. The Morgan fingerprint density at radius 3 is 2.55 bits per heavy atom. The molecule has 1 saturated carbocycles. The zero-order valence-electron chi connectivity index (χ0n) is 16.9. The minimum Gasteiger partial charge on any atom is -0.478 e. The molecule has 158 valence electrons. The summed E-state index contributed by atoms with van der Waals surface area (Å²) in [7, 11) is 0. The zero-order chi connectivity index (χ0) is 21.4. The van der Waals surface area contributed by atoms with Gasteiger partial charge in [-0.3, -0.25) is 4.98 Å². The van der Waals surface area contributed by atoms with Crippen molar-refractivity contribution in [3.63, 3.8) is 0 Å². The third-order valence-corrected chi connectivity index (χ3v) is 6.52. The zero-order valence-corrected chi connectivity index (χ0v) is 17.7. The average Bonchev–Trinajstić information content (AvgIpc) is 3.54. The molecule has 6 nitrogen and oxygen atoms in total. The number of nitrogens with zero attached hydrogens (tertiary/aromatic N) is 2. The summed E-state index contributed by atoms with van der Waals surface area (Å²) in [6, 6.07) is 16.8. The maximum Gasteiger partial charge on any atom is 0.335 e. The predicted molar refractivity (Wildman–Crippen MR) is 121 cm³/mol. The number of pyridine rings is 1. The summed E-state index contributed by atoms with van der Waals surface area (Å²) in [5.74, 6) is 0.589. The van der Waals surface area contributed by atoms with Crippen molar-refractivity contribution in [1.29, 1.82) is 0 Å². The van der Waals surface area contributed by atoms with Gasteiger partial charge in [0.25, 0.3) is 0 Å². The topological polar surface area (TPSA) is 78.6 Å². The molecule has 0 spiro atoms. The standard InChI is InChI=1S/C24H23N3O3S/c28-23(29)16-10-8-15(9-11-16)19-12-13-20(30-19)22-21(18-7-3-4-14-25-18)26-24(31)27(22)17-5-1-2-6-17/h3-4,7-14,17,21-22H,1-2,5-6H2,(H,26,31)(H,28,29)/t21-,22-/m1/s1. The molecule has 3 heterocycles. The van der Waals surface area contributed by atoms with Gasteiger partial charge in [-0.25, -0.2) is 4.79 Å². The smallest absolute Gasteiger partial charge is 0.335 e. The number of hydrogen-bond acceptors (Lipinski definition) is 4. The molecule has 2 aliphatic rings. The molecule has 3 aromatic rings. The van der Waals surface area contributed by atoms with E-state index in [1.807, 2.05) is 30.3 Å². The second-order valence-electron chi connectivity index (χ2n) is 8.06. The summed E-state index contributed by atoms with van der Waals surface area (Å²) >= 11 is 5.76. The van der Waals surface area contributed by atoms with Gasteiger partial charge in [-0.15, -0.1) is 0 Å². The Morgan fingerprint density at radius 2 is 1.87 bits per heavy atom. The van der Waals surface area contributed by atoms with Crippen LogP contribution in [0, 0.1) is 0 Å². The SMILES string of the molecule is O=C(O)c1ccc(-c2ccc([C@@H]3[C@@H](c4ccccn4)NC(=S)N3C3CCCC3)o2)cc1. The van der Waals surface area contributed by atoms with Crippen molar-refractivity contribution in [3.8, 4) is 11.3 Å². The highest BCUT2D eigenvalue weighted by atomic mass is 32.1. The number of benzene rings is 1. The number of hydrogen-bond donors (Lipinski definition) is 2. The predicted octanol–water partition coefficient (Wildman–Crippen LogP) is 4.95. The van der Waals surface area contributed by atoms with Crippen molar-refractivity contribution in [2.45, 2.75) is 43.8 Å². The van der Waals surface area contributed by atoms with Crippen LogP contribution in [0.5, 0.6) is 0 Å². The van der Waals surface area contributed by atoms with Crippen LogP contribution < -0.4 is 5.32 Å². The summed E-state index contributed by atoms with van der Waals surface area (Å²) in [4.78, 5) is 18.0. The van der Waals surface area contributed by atoms with Gasteiger partial charge in [0.15, 0.2) is 5.11 Å². The second-order valence-corrected chi connectivity index (χ2v) is 8.44. The fraction of sp³-hybridized carbons (Fsp3) is 0.292. The Labute approximate surface area is 185 Å². The van der Waals surface area contributed by atoms with Crippen LogP contribution in [0.4, 0.5) is 0 Å². The van der Waals surface area contributed by atoms with Gasteiger partial charge in [0, 0.05) is 17.8 Å². The Balaban J connectivity index is 1.51. The number of aromatic carboxylic acids is 1. The van der Waals surface area contributed by atoms with E-state index in [9.17, 15) is 4.79 Å². The molecule has 1 saturated heterocycles. The lowest BCUT2D eigenvalue weighted by atomic mass is 10.0. The van der Waals surface area contributed by atoms with Crippen molar-refractivity contribution in [3.05, 3.63) is 77.8 Å². The third kappa shape index (κ3) is 3.70. The van der Waals surface area contributed by atoms with Gasteiger partial charge in [-0.1, -0.05) is 31.0 Å². The minimum atomic E-state index is -0.942. The molecular weight excluding hydrogens is 410 g/mol. The van der Waals surface area contributed by atoms with E-state index in [2.05, 4.69) is 15.2 Å². The van der Waals surface area contributed by atoms with Crippen molar-refractivity contribution < 1.29 is 14.3 Å². The van der Waals surface area contributed by atoms with Gasteiger partial charge >= 0.3 is 5.97 Å². The average molecular weight is 434 g/mol. The van der Waals surface area contributed by atoms with Crippen LogP contribution in [0.15, 0.2) is 65.2 Å². The Kier molecular flexibility index (Phi) is 5.19. The number of aromatic nitrogens is 1. The molecule has 0 bridgehead atoms. The highest BCUT2D eigenvalue weighted by molar-refractivity contribution is 7.80. The lowest BCUT2D eigenvalue weighted by Crippen LogP contribution is -2.37. The molecule has 0 radical (unpaired) electrons. The van der Waals surface area contributed by atoms with Gasteiger partial charge in [0.1, 0.15) is 17.6 Å². The number of nitrogens with one attached hydrogen (secondary N) is 1. The van der Waals surface area contributed by atoms with E-state index < -0.39 is 5.97 Å². The first-order chi connectivity index (χ1) is 15.1.